The second-order valence-electron chi connectivity index (χ2n) is 12.9. The van der Waals surface area contributed by atoms with Gasteiger partial charge in [0.05, 0.1) is 6.33 Å². The van der Waals surface area contributed by atoms with E-state index < -0.39 is 54.0 Å². The maximum Gasteiger partial charge on any atom is 0.408 e. The van der Waals surface area contributed by atoms with Crippen molar-refractivity contribution in [3.8, 4) is 0 Å². The molecular weight excluding hydrogens is 596 g/mol. The Labute approximate surface area is 267 Å². The number of carbonyl (C=O) groups is 2. The van der Waals surface area contributed by atoms with Crippen LogP contribution >= 0.6 is 0 Å². The van der Waals surface area contributed by atoms with Crippen molar-refractivity contribution in [3.63, 3.8) is 0 Å². The fourth-order valence-electron chi connectivity index (χ4n) is 5.66. The number of alkyl carbamates (subject to hydrolysis) is 1. The molecule has 15 heteroatoms. The zero-order valence-electron chi connectivity index (χ0n) is 26.9. The molecule has 0 radical (unpaired) electrons. The van der Waals surface area contributed by atoms with Gasteiger partial charge in [-0.15, -0.1) is 0 Å². The van der Waals surface area contributed by atoms with Crippen molar-refractivity contribution in [2.45, 2.75) is 89.6 Å². The standard InChI is InChI=1S/C31H44N8O7/c1-30(2,3)46-29(41)37-20(28(40)42-16-19-9-7-6-8-10-19)11-13-38(14-12-32)15-21-23-24(45-31(4,5)44-23)27(43-21)39-18-36-22-25(33)34-17-35-26(22)39/h6-10,17-18,20-21,23-24,27H,11-16,32H2,1-5H3,(H,37,41)(H2,33,34,35). The molecule has 250 valence electrons. The van der Waals surface area contributed by atoms with E-state index in [1.165, 1.54) is 6.33 Å². The molecule has 2 aromatic heterocycles. The van der Waals surface area contributed by atoms with Gasteiger partial charge in [-0.05, 0) is 46.6 Å². The topological polar surface area (TPSA) is 191 Å². The first kappa shape index (κ1) is 33.5. The van der Waals surface area contributed by atoms with Crippen molar-refractivity contribution in [2.24, 2.45) is 5.73 Å². The van der Waals surface area contributed by atoms with Crippen LogP contribution in [0.2, 0.25) is 0 Å². The van der Waals surface area contributed by atoms with Crippen LogP contribution in [0.15, 0.2) is 43.0 Å². The zero-order valence-corrected chi connectivity index (χ0v) is 26.9. The molecule has 15 nitrogen and oxygen atoms in total. The van der Waals surface area contributed by atoms with E-state index in [0.717, 1.165) is 5.56 Å². The summed E-state index contributed by atoms with van der Waals surface area (Å²) in [6.45, 7) is 10.7. The van der Waals surface area contributed by atoms with Crippen LogP contribution in [0.4, 0.5) is 10.6 Å². The summed E-state index contributed by atoms with van der Waals surface area (Å²) < 4.78 is 32.0. The number of nitrogens with zero attached hydrogens (tertiary/aromatic N) is 5. The lowest BCUT2D eigenvalue weighted by molar-refractivity contribution is -0.198. The molecule has 46 heavy (non-hydrogen) atoms. The Morgan fingerprint density at radius 3 is 2.57 bits per heavy atom. The lowest BCUT2D eigenvalue weighted by atomic mass is 10.1. The van der Waals surface area contributed by atoms with Crippen molar-refractivity contribution in [1.82, 2.24) is 29.7 Å². The van der Waals surface area contributed by atoms with Crippen LogP contribution in [-0.4, -0.2) is 98.4 Å². The molecular formula is C31H44N8O7. The summed E-state index contributed by atoms with van der Waals surface area (Å²) >= 11 is 0. The molecule has 4 heterocycles. The molecule has 5 rings (SSSR count). The summed E-state index contributed by atoms with van der Waals surface area (Å²) in [7, 11) is 0. The van der Waals surface area contributed by atoms with Crippen molar-refractivity contribution in [2.75, 3.05) is 31.9 Å². The Bertz CT molecular complexity index is 1500. The Morgan fingerprint density at radius 2 is 1.85 bits per heavy atom. The molecule has 1 amide bonds. The third-order valence-electron chi connectivity index (χ3n) is 7.60. The first-order chi connectivity index (χ1) is 21.8. The lowest BCUT2D eigenvalue weighted by Crippen LogP contribution is -2.47. The van der Waals surface area contributed by atoms with E-state index in [1.54, 1.807) is 31.7 Å². The number of rotatable bonds is 12. The number of esters is 1. The largest absolute Gasteiger partial charge is 0.459 e. The van der Waals surface area contributed by atoms with Crippen LogP contribution in [0.3, 0.4) is 0 Å². The fourth-order valence-corrected chi connectivity index (χ4v) is 5.66. The molecule has 1 aromatic carbocycles. The van der Waals surface area contributed by atoms with Crippen molar-refractivity contribution >= 4 is 29.0 Å². The first-order valence-corrected chi connectivity index (χ1v) is 15.4. The number of aromatic nitrogens is 4. The van der Waals surface area contributed by atoms with Gasteiger partial charge in [0.1, 0.15) is 48.4 Å². The minimum atomic E-state index is -0.962. The number of carbonyl (C=O) groups excluding carboxylic acids is 2. The summed E-state index contributed by atoms with van der Waals surface area (Å²) in [5.41, 5.74) is 13.1. The minimum absolute atomic E-state index is 0.0751. The van der Waals surface area contributed by atoms with Crippen LogP contribution in [0.1, 0.15) is 52.8 Å². The van der Waals surface area contributed by atoms with Gasteiger partial charge in [0, 0.05) is 26.2 Å². The van der Waals surface area contributed by atoms with Crippen molar-refractivity contribution in [1.29, 1.82) is 0 Å². The van der Waals surface area contributed by atoms with E-state index in [2.05, 4.69) is 25.2 Å². The van der Waals surface area contributed by atoms with Gasteiger partial charge >= 0.3 is 12.1 Å². The summed E-state index contributed by atoms with van der Waals surface area (Å²) in [6.07, 6.45) is 0.632. The van der Waals surface area contributed by atoms with Crippen molar-refractivity contribution < 1.29 is 33.3 Å². The highest BCUT2D eigenvalue weighted by atomic mass is 16.8. The average Bonchev–Trinajstić information content (AvgIpc) is 3.65. The molecule has 0 bridgehead atoms. The molecule has 0 saturated carbocycles. The minimum Gasteiger partial charge on any atom is -0.459 e. The maximum absolute atomic E-state index is 13.2. The molecule has 2 aliphatic rings. The molecule has 5 N–H and O–H groups in total. The highest BCUT2D eigenvalue weighted by Crippen LogP contribution is 2.44. The van der Waals surface area contributed by atoms with Crippen LogP contribution < -0.4 is 16.8 Å². The van der Waals surface area contributed by atoms with Gasteiger partial charge < -0.3 is 40.5 Å². The summed E-state index contributed by atoms with van der Waals surface area (Å²) in [4.78, 5) is 40.8. The van der Waals surface area contributed by atoms with E-state index in [1.807, 2.05) is 44.2 Å². The molecule has 2 fully saturated rings. The average molecular weight is 641 g/mol. The van der Waals surface area contributed by atoms with Crippen LogP contribution in [0.5, 0.6) is 0 Å². The number of nitrogens with one attached hydrogen (secondary N) is 1. The highest BCUT2D eigenvalue weighted by Gasteiger charge is 2.56. The van der Waals surface area contributed by atoms with Gasteiger partial charge in [-0.2, -0.15) is 0 Å². The van der Waals surface area contributed by atoms with Crippen LogP contribution in [0, 0.1) is 0 Å². The van der Waals surface area contributed by atoms with Gasteiger partial charge in [-0.25, -0.2) is 24.5 Å². The summed E-state index contributed by atoms with van der Waals surface area (Å²) in [5, 5.41) is 2.69. The normalized spacial score (nSPS) is 22.9. The van der Waals surface area contributed by atoms with E-state index >= 15 is 0 Å². The number of hydrogen-bond acceptors (Lipinski definition) is 13. The smallest absolute Gasteiger partial charge is 0.408 e. The number of imidazole rings is 1. The Morgan fingerprint density at radius 1 is 1.11 bits per heavy atom. The first-order valence-electron chi connectivity index (χ1n) is 15.4. The molecule has 2 aliphatic heterocycles. The zero-order chi connectivity index (χ0) is 33.1. The second-order valence-corrected chi connectivity index (χ2v) is 12.9. The summed E-state index contributed by atoms with van der Waals surface area (Å²) in [5.74, 6) is -1.14. The highest BCUT2D eigenvalue weighted by molar-refractivity contribution is 5.82. The number of benzene rings is 1. The number of nitrogens with two attached hydrogens (primary N) is 2. The molecule has 3 aromatic rings. The molecule has 5 atom stereocenters. The van der Waals surface area contributed by atoms with E-state index in [4.69, 9.17) is 35.2 Å². The third-order valence-corrected chi connectivity index (χ3v) is 7.60. The predicted octanol–water partition coefficient (Wildman–Crippen LogP) is 2.11. The quantitative estimate of drug-likeness (QED) is 0.244. The van der Waals surface area contributed by atoms with Gasteiger partial charge in [0.2, 0.25) is 0 Å². The van der Waals surface area contributed by atoms with Gasteiger partial charge in [0.15, 0.2) is 23.5 Å². The Kier molecular flexibility index (Phi) is 10.1. The SMILES string of the molecule is CC(C)(C)OC(=O)NC(CCN(CCN)CC1OC(n2cnc3c(N)ncnc32)C2OC(C)(C)OC12)C(=O)OCc1ccccc1. The number of fused-ring (bicyclic) bond motifs is 2. The predicted molar refractivity (Wildman–Crippen MR) is 167 cm³/mol. The number of amides is 1. The van der Waals surface area contributed by atoms with E-state index in [-0.39, 0.29) is 18.8 Å². The second kappa shape index (κ2) is 13.8. The van der Waals surface area contributed by atoms with Gasteiger partial charge in [0.25, 0.3) is 0 Å². The van der Waals surface area contributed by atoms with E-state index in [9.17, 15) is 9.59 Å². The van der Waals surface area contributed by atoms with Gasteiger partial charge in [-0.1, -0.05) is 30.3 Å². The fraction of sp³-hybridized carbons (Fsp3) is 0.581. The Balaban J connectivity index is 1.30. The number of hydrogen-bond donors (Lipinski definition) is 3. The monoisotopic (exact) mass is 640 g/mol. The molecule has 0 aliphatic carbocycles. The Hall–Kier alpha value is -3.89. The molecule has 5 unspecified atom stereocenters. The number of anilines is 1. The van der Waals surface area contributed by atoms with Crippen LogP contribution in [0.25, 0.3) is 11.2 Å². The molecule has 2 saturated heterocycles. The summed E-state index contributed by atoms with van der Waals surface area (Å²) in [6, 6.07) is 8.37. The maximum atomic E-state index is 13.2. The van der Waals surface area contributed by atoms with Crippen LogP contribution in [-0.2, 0) is 35.1 Å². The van der Waals surface area contributed by atoms with E-state index in [0.29, 0.717) is 37.3 Å². The number of nitrogen functional groups attached to an aromatic ring is 1. The van der Waals surface area contributed by atoms with Crippen molar-refractivity contribution in [3.05, 3.63) is 48.5 Å². The number of ether oxygens (including phenoxy) is 5. The third kappa shape index (κ3) is 8.09. The van der Waals surface area contributed by atoms with Gasteiger partial charge in [-0.3, -0.25) is 9.47 Å². The molecule has 0 spiro atoms. The lowest BCUT2D eigenvalue weighted by Gasteiger charge is -2.30.